The van der Waals surface area contributed by atoms with Crippen LogP contribution in [0.5, 0.6) is 17.2 Å². The Morgan fingerprint density at radius 3 is 2.27 bits per heavy atom. The third kappa shape index (κ3) is 4.98. The molecule has 0 aliphatic heterocycles. The van der Waals surface area contributed by atoms with Crippen LogP contribution < -0.4 is 14.8 Å². The van der Waals surface area contributed by atoms with Gasteiger partial charge < -0.3 is 14.8 Å². The number of nitrogens with one attached hydrogen (secondary N) is 1. The van der Waals surface area contributed by atoms with Gasteiger partial charge >= 0.3 is 0 Å². The van der Waals surface area contributed by atoms with Gasteiger partial charge in [-0.2, -0.15) is 0 Å². The highest BCUT2D eigenvalue weighted by Gasteiger charge is 2.00. The summed E-state index contributed by atoms with van der Waals surface area (Å²) in [6, 6.07) is 24.3. The molecule has 0 saturated carbocycles. The molecule has 0 atom stereocenters. The Morgan fingerprint density at radius 1 is 0.846 bits per heavy atom. The molecule has 0 bridgehead atoms. The summed E-state index contributed by atoms with van der Waals surface area (Å²) in [7, 11) is 1.61. The fraction of sp³-hybridized carbons (Fsp3) is 0.0455. The van der Waals surface area contributed by atoms with Crippen LogP contribution in [0.25, 0.3) is 6.08 Å². The Hall–Kier alpha value is -3.53. The summed E-state index contributed by atoms with van der Waals surface area (Å²) in [5.41, 5.74) is 1.59. The van der Waals surface area contributed by atoms with Crippen molar-refractivity contribution in [2.24, 2.45) is 0 Å². The molecule has 4 heteroatoms. The lowest BCUT2D eigenvalue weighted by Gasteiger charge is -2.07. The molecular formula is C22H19NO3. The van der Waals surface area contributed by atoms with E-state index in [4.69, 9.17) is 9.47 Å². The van der Waals surface area contributed by atoms with Gasteiger partial charge in [0.15, 0.2) is 0 Å². The SMILES string of the molecule is COc1cccc(/C=C/C(=O)Nc2ccc(Oc3ccccc3)cc2)c1. The molecule has 0 aliphatic rings. The van der Waals surface area contributed by atoms with Crippen LogP contribution in [0.1, 0.15) is 5.56 Å². The van der Waals surface area contributed by atoms with E-state index in [0.717, 1.165) is 17.1 Å². The number of amides is 1. The second kappa shape index (κ2) is 8.53. The zero-order valence-electron chi connectivity index (χ0n) is 14.4. The van der Waals surface area contributed by atoms with Gasteiger partial charge in [-0.15, -0.1) is 0 Å². The van der Waals surface area contributed by atoms with E-state index in [1.54, 1.807) is 25.3 Å². The number of benzene rings is 3. The van der Waals surface area contributed by atoms with Gasteiger partial charge in [0.05, 0.1) is 7.11 Å². The van der Waals surface area contributed by atoms with Crippen LogP contribution in [0.4, 0.5) is 5.69 Å². The number of hydrogen-bond donors (Lipinski definition) is 1. The van der Waals surface area contributed by atoms with Crippen molar-refractivity contribution in [1.29, 1.82) is 0 Å². The van der Waals surface area contributed by atoms with Gasteiger partial charge in [0.1, 0.15) is 17.2 Å². The van der Waals surface area contributed by atoms with E-state index in [-0.39, 0.29) is 5.91 Å². The van der Waals surface area contributed by atoms with Crippen LogP contribution in [0.2, 0.25) is 0 Å². The van der Waals surface area contributed by atoms with Gasteiger partial charge in [-0.3, -0.25) is 4.79 Å². The number of anilines is 1. The molecule has 1 amide bonds. The first-order chi connectivity index (χ1) is 12.7. The van der Waals surface area contributed by atoms with Crippen LogP contribution in [0.3, 0.4) is 0 Å². The largest absolute Gasteiger partial charge is 0.497 e. The van der Waals surface area contributed by atoms with Crippen molar-refractivity contribution in [1.82, 2.24) is 0 Å². The van der Waals surface area contributed by atoms with Crippen molar-refractivity contribution in [2.75, 3.05) is 12.4 Å². The number of para-hydroxylation sites is 1. The summed E-state index contributed by atoms with van der Waals surface area (Å²) >= 11 is 0. The minimum absolute atomic E-state index is 0.204. The van der Waals surface area contributed by atoms with Gasteiger partial charge in [0, 0.05) is 11.8 Å². The topological polar surface area (TPSA) is 47.6 Å². The fourth-order valence-electron chi connectivity index (χ4n) is 2.33. The molecule has 4 nitrogen and oxygen atoms in total. The summed E-state index contributed by atoms with van der Waals surface area (Å²) in [6.07, 6.45) is 3.23. The first-order valence-electron chi connectivity index (χ1n) is 8.19. The molecule has 0 aromatic heterocycles. The van der Waals surface area contributed by atoms with E-state index in [1.807, 2.05) is 66.7 Å². The van der Waals surface area contributed by atoms with Crippen LogP contribution >= 0.6 is 0 Å². The highest BCUT2D eigenvalue weighted by atomic mass is 16.5. The summed E-state index contributed by atoms with van der Waals surface area (Å²) in [5.74, 6) is 2.03. The first kappa shape index (κ1) is 17.3. The predicted molar refractivity (Wildman–Crippen MR) is 104 cm³/mol. The van der Waals surface area contributed by atoms with E-state index in [1.165, 1.54) is 6.08 Å². The van der Waals surface area contributed by atoms with Crippen LogP contribution in [0, 0.1) is 0 Å². The van der Waals surface area contributed by atoms with Crippen LogP contribution in [-0.4, -0.2) is 13.0 Å². The van der Waals surface area contributed by atoms with Gasteiger partial charge in [-0.05, 0) is 60.2 Å². The number of carbonyl (C=O) groups excluding carboxylic acids is 1. The Labute approximate surface area is 152 Å². The molecule has 0 heterocycles. The van der Waals surface area contributed by atoms with Crippen molar-refractivity contribution in [3.63, 3.8) is 0 Å². The minimum atomic E-state index is -0.204. The molecule has 3 aromatic rings. The molecule has 3 aromatic carbocycles. The van der Waals surface area contributed by atoms with E-state index >= 15 is 0 Å². The molecule has 0 saturated heterocycles. The number of methoxy groups -OCH3 is 1. The first-order valence-corrected chi connectivity index (χ1v) is 8.19. The lowest BCUT2D eigenvalue weighted by Crippen LogP contribution is -2.07. The normalized spacial score (nSPS) is 10.5. The molecule has 3 rings (SSSR count). The van der Waals surface area contributed by atoms with Gasteiger partial charge in [0.2, 0.25) is 5.91 Å². The highest BCUT2D eigenvalue weighted by Crippen LogP contribution is 2.22. The maximum absolute atomic E-state index is 12.1. The van der Waals surface area contributed by atoms with Crippen molar-refractivity contribution >= 4 is 17.7 Å². The summed E-state index contributed by atoms with van der Waals surface area (Å²) in [4.78, 5) is 12.1. The Bertz CT molecular complexity index is 887. The van der Waals surface area contributed by atoms with E-state index in [9.17, 15) is 4.79 Å². The second-order valence-electron chi connectivity index (χ2n) is 5.54. The lowest BCUT2D eigenvalue weighted by atomic mass is 10.2. The van der Waals surface area contributed by atoms with E-state index in [2.05, 4.69) is 5.32 Å². The second-order valence-corrected chi connectivity index (χ2v) is 5.54. The van der Waals surface area contributed by atoms with E-state index < -0.39 is 0 Å². The summed E-state index contributed by atoms with van der Waals surface area (Å²) in [5, 5.41) is 2.82. The Balaban J connectivity index is 1.58. The highest BCUT2D eigenvalue weighted by molar-refractivity contribution is 6.01. The number of ether oxygens (including phenoxy) is 2. The van der Waals surface area contributed by atoms with Crippen molar-refractivity contribution in [2.45, 2.75) is 0 Å². The maximum Gasteiger partial charge on any atom is 0.248 e. The van der Waals surface area contributed by atoms with E-state index in [0.29, 0.717) is 11.4 Å². The molecular weight excluding hydrogens is 326 g/mol. The van der Waals surface area contributed by atoms with Crippen molar-refractivity contribution in [3.8, 4) is 17.2 Å². The fourth-order valence-corrected chi connectivity index (χ4v) is 2.33. The summed E-state index contributed by atoms with van der Waals surface area (Å²) in [6.45, 7) is 0. The van der Waals surface area contributed by atoms with Crippen LogP contribution in [-0.2, 0) is 4.79 Å². The average molecular weight is 345 g/mol. The zero-order chi connectivity index (χ0) is 18.2. The maximum atomic E-state index is 12.1. The predicted octanol–water partition coefficient (Wildman–Crippen LogP) is 5.14. The lowest BCUT2D eigenvalue weighted by molar-refractivity contribution is -0.111. The molecule has 0 fully saturated rings. The molecule has 0 unspecified atom stereocenters. The van der Waals surface area contributed by atoms with Crippen molar-refractivity contribution in [3.05, 3.63) is 90.5 Å². The monoisotopic (exact) mass is 345 g/mol. The number of carbonyl (C=O) groups is 1. The zero-order valence-corrected chi connectivity index (χ0v) is 14.4. The smallest absolute Gasteiger partial charge is 0.248 e. The molecule has 0 spiro atoms. The number of rotatable bonds is 6. The van der Waals surface area contributed by atoms with Crippen molar-refractivity contribution < 1.29 is 14.3 Å². The molecule has 130 valence electrons. The van der Waals surface area contributed by atoms with Gasteiger partial charge in [-0.1, -0.05) is 30.3 Å². The Morgan fingerprint density at radius 2 is 1.54 bits per heavy atom. The molecule has 26 heavy (non-hydrogen) atoms. The third-order valence-electron chi connectivity index (χ3n) is 3.62. The molecule has 1 N–H and O–H groups in total. The third-order valence-corrected chi connectivity index (χ3v) is 3.62. The van der Waals surface area contributed by atoms with Crippen LogP contribution in [0.15, 0.2) is 84.9 Å². The standard InChI is InChI=1S/C22H19NO3/c1-25-21-9-5-6-17(16-21)10-15-22(24)23-18-11-13-20(14-12-18)26-19-7-3-2-4-8-19/h2-16H,1H3,(H,23,24)/b15-10+. The van der Waals surface area contributed by atoms with Gasteiger partial charge in [0.25, 0.3) is 0 Å². The molecule has 0 radical (unpaired) electrons. The average Bonchev–Trinajstić information content (AvgIpc) is 2.69. The molecule has 0 aliphatic carbocycles. The Kier molecular flexibility index (Phi) is 5.68. The number of hydrogen-bond acceptors (Lipinski definition) is 3. The quantitative estimate of drug-likeness (QED) is 0.629. The minimum Gasteiger partial charge on any atom is -0.497 e. The van der Waals surface area contributed by atoms with Gasteiger partial charge in [-0.25, -0.2) is 0 Å². The summed E-state index contributed by atoms with van der Waals surface area (Å²) < 4.78 is 10.9.